The maximum atomic E-state index is 11.8. The number of likely N-dealkylation sites (tertiary alicyclic amines) is 1. The molecule has 0 unspecified atom stereocenters. The molecule has 1 aliphatic heterocycles. The van der Waals surface area contributed by atoms with E-state index in [1.54, 1.807) is 23.1 Å². The van der Waals surface area contributed by atoms with Crippen LogP contribution in [0.2, 0.25) is 0 Å². The number of rotatable bonds is 1. The van der Waals surface area contributed by atoms with Crippen molar-refractivity contribution < 1.29 is 9.53 Å². The molecule has 1 saturated heterocycles. The van der Waals surface area contributed by atoms with Crippen molar-refractivity contribution >= 4 is 22.0 Å². The van der Waals surface area contributed by atoms with Gasteiger partial charge in [0, 0.05) is 25.1 Å². The van der Waals surface area contributed by atoms with Crippen molar-refractivity contribution in [2.75, 3.05) is 13.1 Å². The van der Waals surface area contributed by atoms with Gasteiger partial charge in [-0.1, -0.05) is 6.07 Å². The Morgan fingerprint density at radius 3 is 2.83 bits per heavy atom. The van der Waals surface area contributed by atoms with Crippen LogP contribution in [0.25, 0.3) is 0 Å². The Morgan fingerprint density at radius 2 is 2.22 bits per heavy atom. The maximum Gasteiger partial charge on any atom is 0.416 e. The lowest BCUT2D eigenvalue weighted by atomic mass is 9.99. The topological polar surface area (TPSA) is 66.2 Å². The number of nitriles is 1. The fourth-order valence-corrected chi connectivity index (χ4v) is 2.12. The van der Waals surface area contributed by atoms with Crippen molar-refractivity contribution in [1.82, 2.24) is 9.88 Å². The Hall–Kier alpha value is -1.61. The minimum Gasteiger partial charge on any atom is -0.391 e. The van der Waals surface area contributed by atoms with Crippen LogP contribution < -0.4 is 4.74 Å². The maximum absolute atomic E-state index is 11.8. The van der Waals surface area contributed by atoms with Crippen LogP contribution in [0.4, 0.5) is 4.79 Å². The van der Waals surface area contributed by atoms with Gasteiger partial charge in [0.15, 0.2) is 0 Å². The average molecular weight is 310 g/mol. The molecular formula is C12H12BrN3O2. The molecule has 0 bridgehead atoms. The van der Waals surface area contributed by atoms with Crippen LogP contribution >= 0.6 is 15.9 Å². The quantitative estimate of drug-likeness (QED) is 0.748. The summed E-state index contributed by atoms with van der Waals surface area (Å²) in [5, 5.41) is 8.78. The monoisotopic (exact) mass is 309 g/mol. The molecule has 5 nitrogen and oxygen atoms in total. The number of hydrogen-bond acceptors (Lipinski definition) is 4. The number of hydrogen-bond donors (Lipinski definition) is 0. The average Bonchev–Trinajstić information content (AvgIpc) is 2.39. The van der Waals surface area contributed by atoms with Crippen molar-refractivity contribution in [3.63, 3.8) is 0 Å². The highest BCUT2D eigenvalue weighted by molar-refractivity contribution is 9.10. The number of amides is 1. The fraction of sp³-hybridized carbons (Fsp3) is 0.417. The summed E-state index contributed by atoms with van der Waals surface area (Å²) in [5.41, 5.74) is 0. The first-order chi connectivity index (χ1) is 8.69. The van der Waals surface area contributed by atoms with Crippen molar-refractivity contribution in [1.29, 1.82) is 5.26 Å². The third-order valence-corrected chi connectivity index (χ3v) is 3.26. The predicted molar refractivity (Wildman–Crippen MR) is 67.9 cm³/mol. The number of ether oxygens (including phenoxy) is 1. The molecule has 1 aliphatic rings. The molecule has 0 N–H and O–H groups in total. The van der Waals surface area contributed by atoms with Crippen LogP contribution in [0.1, 0.15) is 12.8 Å². The second kappa shape index (κ2) is 5.83. The standard InChI is InChI=1S/C12H12BrN3O2/c13-10-2-1-3-11(15-10)18-12(17)16-6-4-9(8-14)5-7-16/h1-3,9H,4-7H2. The molecule has 0 atom stereocenters. The second-order valence-electron chi connectivity index (χ2n) is 4.06. The summed E-state index contributed by atoms with van der Waals surface area (Å²) in [7, 11) is 0. The highest BCUT2D eigenvalue weighted by Gasteiger charge is 2.24. The molecule has 2 rings (SSSR count). The Kier molecular flexibility index (Phi) is 4.15. The molecule has 1 amide bonds. The lowest BCUT2D eigenvalue weighted by Gasteiger charge is -2.27. The van der Waals surface area contributed by atoms with E-state index >= 15 is 0 Å². The molecule has 1 aromatic heterocycles. The lowest BCUT2D eigenvalue weighted by Crippen LogP contribution is -2.40. The molecule has 1 aromatic rings. The number of nitrogens with zero attached hydrogens (tertiary/aromatic N) is 3. The van der Waals surface area contributed by atoms with E-state index in [1.165, 1.54) is 0 Å². The lowest BCUT2D eigenvalue weighted by molar-refractivity contribution is 0.135. The van der Waals surface area contributed by atoms with Crippen LogP contribution in [0.15, 0.2) is 22.8 Å². The van der Waals surface area contributed by atoms with E-state index in [0.717, 1.165) is 0 Å². The fourth-order valence-electron chi connectivity index (χ4n) is 1.79. The Bertz CT molecular complexity index is 478. The molecule has 1 fully saturated rings. The van der Waals surface area contributed by atoms with Crippen molar-refractivity contribution in [3.8, 4) is 11.9 Å². The summed E-state index contributed by atoms with van der Waals surface area (Å²) in [6.45, 7) is 1.12. The zero-order valence-corrected chi connectivity index (χ0v) is 11.3. The Balaban J connectivity index is 1.91. The minimum absolute atomic E-state index is 0.0537. The number of piperidine rings is 1. The smallest absolute Gasteiger partial charge is 0.391 e. The highest BCUT2D eigenvalue weighted by Crippen LogP contribution is 2.18. The van der Waals surface area contributed by atoms with Gasteiger partial charge in [-0.3, -0.25) is 0 Å². The van der Waals surface area contributed by atoms with E-state index in [9.17, 15) is 4.79 Å². The van der Waals surface area contributed by atoms with Gasteiger partial charge in [-0.05, 0) is 34.8 Å². The van der Waals surface area contributed by atoms with E-state index in [0.29, 0.717) is 30.5 Å². The largest absolute Gasteiger partial charge is 0.416 e. The number of carbonyl (C=O) groups is 1. The summed E-state index contributed by atoms with van der Waals surface area (Å²) in [4.78, 5) is 17.5. The molecular weight excluding hydrogens is 298 g/mol. The van der Waals surface area contributed by atoms with Gasteiger partial charge in [-0.2, -0.15) is 5.26 Å². The number of halogens is 1. The normalized spacial score (nSPS) is 16.1. The molecule has 0 radical (unpaired) electrons. The number of pyridine rings is 1. The van der Waals surface area contributed by atoms with Gasteiger partial charge in [-0.15, -0.1) is 0 Å². The molecule has 0 aromatic carbocycles. The van der Waals surface area contributed by atoms with Crippen molar-refractivity contribution in [2.24, 2.45) is 5.92 Å². The van der Waals surface area contributed by atoms with Crippen LogP contribution in [0.5, 0.6) is 5.88 Å². The van der Waals surface area contributed by atoms with Crippen LogP contribution in [-0.2, 0) is 0 Å². The first-order valence-electron chi connectivity index (χ1n) is 5.68. The summed E-state index contributed by atoms with van der Waals surface area (Å²) >= 11 is 3.21. The second-order valence-corrected chi connectivity index (χ2v) is 4.87. The molecule has 2 heterocycles. The van der Waals surface area contributed by atoms with E-state index < -0.39 is 6.09 Å². The number of aromatic nitrogens is 1. The van der Waals surface area contributed by atoms with Gasteiger partial charge in [0.1, 0.15) is 4.60 Å². The summed E-state index contributed by atoms with van der Waals surface area (Å²) in [5.74, 6) is 0.329. The van der Waals surface area contributed by atoms with Gasteiger partial charge >= 0.3 is 6.09 Å². The van der Waals surface area contributed by atoms with Crippen LogP contribution in [0, 0.1) is 17.2 Å². The molecule has 94 valence electrons. The van der Waals surface area contributed by atoms with Crippen molar-refractivity contribution in [3.05, 3.63) is 22.8 Å². The highest BCUT2D eigenvalue weighted by atomic mass is 79.9. The molecule has 6 heteroatoms. The van der Waals surface area contributed by atoms with Gasteiger partial charge in [0.2, 0.25) is 5.88 Å². The summed E-state index contributed by atoms with van der Waals surface area (Å²) in [6, 6.07) is 7.36. The Morgan fingerprint density at radius 1 is 1.50 bits per heavy atom. The van der Waals surface area contributed by atoms with E-state index in [1.807, 2.05) is 0 Å². The molecule has 0 aliphatic carbocycles. The zero-order chi connectivity index (χ0) is 13.0. The summed E-state index contributed by atoms with van der Waals surface area (Å²) < 4.78 is 5.79. The zero-order valence-electron chi connectivity index (χ0n) is 9.67. The molecule has 0 saturated carbocycles. The summed E-state index contributed by atoms with van der Waals surface area (Å²) in [6.07, 6.45) is 1.01. The number of carbonyl (C=O) groups excluding carboxylic acids is 1. The Labute approximate surface area is 113 Å². The van der Waals surface area contributed by atoms with E-state index in [-0.39, 0.29) is 11.8 Å². The van der Waals surface area contributed by atoms with Crippen LogP contribution in [-0.4, -0.2) is 29.1 Å². The third kappa shape index (κ3) is 3.20. The van der Waals surface area contributed by atoms with Crippen LogP contribution in [0.3, 0.4) is 0 Å². The van der Waals surface area contributed by atoms with Gasteiger partial charge in [0.05, 0.1) is 6.07 Å². The van der Waals surface area contributed by atoms with E-state index in [2.05, 4.69) is 27.0 Å². The third-order valence-electron chi connectivity index (χ3n) is 2.82. The van der Waals surface area contributed by atoms with Gasteiger partial charge in [-0.25, -0.2) is 9.78 Å². The van der Waals surface area contributed by atoms with Gasteiger partial charge in [0.25, 0.3) is 0 Å². The molecule has 18 heavy (non-hydrogen) atoms. The SMILES string of the molecule is N#CC1CCN(C(=O)Oc2cccc(Br)n2)CC1. The minimum atomic E-state index is -0.406. The van der Waals surface area contributed by atoms with E-state index in [4.69, 9.17) is 10.00 Å². The predicted octanol–water partition coefficient (Wildman–Crippen LogP) is 2.58. The van der Waals surface area contributed by atoms with Crippen molar-refractivity contribution in [2.45, 2.75) is 12.8 Å². The van der Waals surface area contributed by atoms with Gasteiger partial charge < -0.3 is 9.64 Å². The molecule has 0 spiro atoms. The first-order valence-corrected chi connectivity index (χ1v) is 6.47. The first kappa shape index (κ1) is 12.8.